The molecule has 0 bridgehead atoms. The van der Waals surface area contributed by atoms with Gasteiger partial charge in [0.25, 0.3) is 0 Å². The molecule has 5 nitrogen and oxygen atoms in total. The zero-order valence-corrected chi connectivity index (χ0v) is 8.77. The largest absolute Gasteiger partial charge is 0.325 e. The summed E-state index contributed by atoms with van der Waals surface area (Å²) >= 11 is 0. The number of pyridine rings is 1. The van der Waals surface area contributed by atoms with Crippen molar-refractivity contribution in [2.24, 2.45) is 0 Å². The summed E-state index contributed by atoms with van der Waals surface area (Å²) in [5, 5.41) is 5.89. The molecule has 2 heterocycles. The number of carbonyl (C=O) groups is 2. The number of hydrogen-bond donors (Lipinski definition) is 2. The van der Waals surface area contributed by atoms with Crippen LogP contribution in [0, 0.1) is 0 Å². The Hall–Kier alpha value is -1.75. The monoisotopic (exact) mass is 219 g/mol. The molecule has 1 aliphatic heterocycles. The third kappa shape index (κ3) is 2.64. The average Bonchev–Trinajstić information content (AvgIpc) is 2.25. The SMILES string of the molecule is O=Cc1ccc(NC(=O)CC2CCN2)cn1. The van der Waals surface area contributed by atoms with E-state index in [1.807, 2.05) is 0 Å². The van der Waals surface area contributed by atoms with Crippen molar-refractivity contribution in [1.82, 2.24) is 10.3 Å². The number of rotatable bonds is 4. The van der Waals surface area contributed by atoms with Crippen LogP contribution in [0.2, 0.25) is 0 Å². The highest BCUT2D eigenvalue weighted by molar-refractivity contribution is 5.91. The predicted octanol–water partition coefficient (Wildman–Crippen LogP) is 0.585. The van der Waals surface area contributed by atoms with Gasteiger partial charge in [0.2, 0.25) is 5.91 Å². The summed E-state index contributed by atoms with van der Waals surface area (Å²) in [7, 11) is 0. The maximum absolute atomic E-state index is 11.5. The lowest BCUT2D eigenvalue weighted by atomic mass is 10.0. The Kier molecular flexibility index (Phi) is 3.26. The van der Waals surface area contributed by atoms with E-state index in [4.69, 9.17) is 0 Å². The Balaban J connectivity index is 1.87. The van der Waals surface area contributed by atoms with E-state index in [2.05, 4.69) is 15.6 Å². The molecular formula is C11H13N3O2. The Bertz CT molecular complexity index is 385. The summed E-state index contributed by atoms with van der Waals surface area (Å²) < 4.78 is 0. The summed E-state index contributed by atoms with van der Waals surface area (Å²) in [5.74, 6) is -0.0298. The lowest BCUT2D eigenvalue weighted by molar-refractivity contribution is -0.117. The van der Waals surface area contributed by atoms with E-state index in [1.165, 1.54) is 6.20 Å². The minimum atomic E-state index is -0.0298. The van der Waals surface area contributed by atoms with Gasteiger partial charge in [-0.1, -0.05) is 0 Å². The number of aromatic nitrogens is 1. The van der Waals surface area contributed by atoms with E-state index < -0.39 is 0 Å². The first-order valence-electron chi connectivity index (χ1n) is 5.22. The van der Waals surface area contributed by atoms with Crippen molar-refractivity contribution in [2.75, 3.05) is 11.9 Å². The van der Waals surface area contributed by atoms with E-state index in [-0.39, 0.29) is 5.91 Å². The van der Waals surface area contributed by atoms with Crippen LogP contribution in [-0.2, 0) is 4.79 Å². The van der Waals surface area contributed by atoms with Crippen LogP contribution in [0.1, 0.15) is 23.3 Å². The number of hydrogen-bond acceptors (Lipinski definition) is 4. The van der Waals surface area contributed by atoms with E-state index in [0.717, 1.165) is 13.0 Å². The fourth-order valence-corrected chi connectivity index (χ4v) is 1.51. The van der Waals surface area contributed by atoms with Crippen LogP contribution in [0.15, 0.2) is 18.3 Å². The number of nitrogens with one attached hydrogen (secondary N) is 2. The first kappa shape index (κ1) is 10.8. The molecule has 1 aromatic heterocycles. The van der Waals surface area contributed by atoms with Gasteiger partial charge in [0, 0.05) is 12.5 Å². The molecule has 16 heavy (non-hydrogen) atoms. The lowest BCUT2D eigenvalue weighted by Crippen LogP contribution is -2.44. The molecule has 1 atom stereocenters. The molecule has 5 heteroatoms. The summed E-state index contributed by atoms with van der Waals surface area (Å²) in [4.78, 5) is 25.8. The van der Waals surface area contributed by atoms with Crippen molar-refractivity contribution in [3.63, 3.8) is 0 Å². The van der Waals surface area contributed by atoms with E-state index in [1.54, 1.807) is 12.1 Å². The first-order chi connectivity index (χ1) is 7.78. The molecule has 1 fully saturated rings. The van der Waals surface area contributed by atoms with Crippen LogP contribution in [0.3, 0.4) is 0 Å². The second-order valence-corrected chi connectivity index (χ2v) is 3.78. The molecule has 2 rings (SSSR count). The van der Waals surface area contributed by atoms with Gasteiger partial charge in [0.05, 0.1) is 11.9 Å². The topological polar surface area (TPSA) is 71.1 Å². The number of amides is 1. The molecule has 84 valence electrons. The maximum Gasteiger partial charge on any atom is 0.225 e. The molecule has 0 aliphatic carbocycles. The highest BCUT2D eigenvalue weighted by Gasteiger charge is 2.19. The number of nitrogens with zero attached hydrogens (tertiary/aromatic N) is 1. The highest BCUT2D eigenvalue weighted by atomic mass is 16.1. The number of aldehydes is 1. The van der Waals surface area contributed by atoms with Crippen LogP contribution in [0.4, 0.5) is 5.69 Å². The van der Waals surface area contributed by atoms with E-state index in [0.29, 0.717) is 30.1 Å². The maximum atomic E-state index is 11.5. The zero-order valence-electron chi connectivity index (χ0n) is 8.77. The second kappa shape index (κ2) is 4.85. The van der Waals surface area contributed by atoms with Crippen LogP contribution >= 0.6 is 0 Å². The number of anilines is 1. The molecule has 2 N–H and O–H groups in total. The first-order valence-corrected chi connectivity index (χ1v) is 5.22. The fourth-order valence-electron chi connectivity index (χ4n) is 1.51. The average molecular weight is 219 g/mol. The molecule has 1 aromatic rings. The Morgan fingerprint density at radius 1 is 1.62 bits per heavy atom. The lowest BCUT2D eigenvalue weighted by Gasteiger charge is -2.26. The summed E-state index contributed by atoms with van der Waals surface area (Å²) in [6.07, 6.45) is 3.69. The van der Waals surface area contributed by atoms with Gasteiger partial charge in [-0.15, -0.1) is 0 Å². The molecule has 0 saturated carbocycles. The van der Waals surface area contributed by atoms with Gasteiger partial charge in [-0.25, -0.2) is 0 Å². The van der Waals surface area contributed by atoms with Gasteiger partial charge < -0.3 is 10.6 Å². The van der Waals surface area contributed by atoms with Crippen molar-refractivity contribution >= 4 is 17.9 Å². The Morgan fingerprint density at radius 2 is 2.44 bits per heavy atom. The van der Waals surface area contributed by atoms with Gasteiger partial charge in [-0.2, -0.15) is 0 Å². The van der Waals surface area contributed by atoms with Crippen LogP contribution in [-0.4, -0.2) is 29.8 Å². The van der Waals surface area contributed by atoms with Crippen molar-refractivity contribution < 1.29 is 9.59 Å². The molecule has 0 radical (unpaired) electrons. The van der Waals surface area contributed by atoms with Gasteiger partial charge >= 0.3 is 0 Å². The third-order valence-electron chi connectivity index (χ3n) is 2.55. The van der Waals surface area contributed by atoms with Gasteiger partial charge in [0.15, 0.2) is 6.29 Å². The van der Waals surface area contributed by atoms with Crippen molar-refractivity contribution in [2.45, 2.75) is 18.9 Å². The smallest absolute Gasteiger partial charge is 0.225 e. The number of carbonyl (C=O) groups excluding carboxylic acids is 2. The Labute approximate surface area is 93.3 Å². The Morgan fingerprint density at radius 3 is 2.94 bits per heavy atom. The van der Waals surface area contributed by atoms with Crippen molar-refractivity contribution in [3.05, 3.63) is 24.0 Å². The normalized spacial score (nSPS) is 18.6. The molecule has 1 amide bonds. The van der Waals surface area contributed by atoms with Gasteiger partial charge in [-0.3, -0.25) is 14.6 Å². The van der Waals surface area contributed by atoms with E-state index >= 15 is 0 Å². The van der Waals surface area contributed by atoms with Gasteiger partial charge in [-0.05, 0) is 25.1 Å². The summed E-state index contributed by atoms with van der Waals surface area (Å²) in [6, 6.07) is 3.55. The van der Waals surface area contributed by atoms with Crippen LogP contribution in [0.25, 0.3) is 0 Å². The van der Waals surface area contributed by atoms with Crippen LogP contribution < -0.4 is 10.6 Å². The quantitative estimate of drug-likeness (QED) is 0.727. The van der Waals surface area contributed by atoms with Crippen molar-refractivity contribution in [1.29, 1.82) is 0 Å². The van der Waals surface area contributed by atoms with E-state index in [9.17, 15) is 9.59 Å². The third-order valence-corrected chi connectivity index (χ3v) is 2.55. The van der Waals surface area contributed by atoms with Gasteiger partial charge in [0.1, 0.15) is 5.69 Å². The fraction of sp³-hybridized carbons (Fsp3) is 0.364. The molecule has 0 aromatic carbocycles. The predicted molar refractivity (Wildman–Crippen MR) is 59.3 cm³/mol. The molecule has 0 spiro atoms. The highest BCUT2D eigenvalue weighted by Crippen LogP contribution is 2.10. The molecular weight excluding hydrogens is 206 g/mol. The summed E-state index contributed by atoms with van der Waals surface area (Å²) in [6.45, 7) is 0.994. The molecule has 1 unspecified atom stereocenters. The summed E-state index contributed by atoms with van der Waals surface area (Å²) in [5.41, 5.74) is 0.980. The molecule has 1 aliphatic rings. The minimum Gasteiger partial charge on any atom is -0.325 e. The standard InChI is InChI=1S/C11H13N3O2/c15-7-10-2-1-9(6-13-10)14-11(16)5-8-3-4-12-8/h1-2,6-8,12H,3-5H2,(H,14,16). The van der Waals surface area contributed by atoms with Crippen LogP contribution in [0.5, 0.6) is 0 Å². The second-order valence-electron chi connectivity index (χ2n) is 3.78. The molecule has 1 saturated heterocycles. The zero-order chi connectivity index (χ0) is 11.4. The minimum absolute atomic E-state index is 0.0298. The van der Waals surface area contributed by atoms with Crippen molar-refractivity contribution in [3.8, 4) is 0 Å².